The van der Waals surface area contributed by atoms with Crippen LogP contribution in [0.2, 0.25) is 0 Å². The third-order valence-electron chi connectivity index (χ3n) is 7.87. The van der Waals surface area contributed by atoms with E-state index in [0.29, 0.717) is 35.4 Å². The topological polar surface area (TPSA) is 82.5 Å². The van der Waals surface area contributed by atoms with Crippen molar-refractivity contribution in [3.05, 3.63) is 104 Å². The van der Waals surface area contributed by atoms with Crippen molar-refractivity contribution in [1.29, 1.82) is 0 Å². The SMILES string of the molecule is Cc1ccc(C)c(Cc2c(C)nc3c(C(=O)NCCN4CCC(Cc5ccccc5)CC4)c[nH]n3c2=O)c1. The zero-order valence-electron chi connectivity index (χ0n) is 22.6. The van der Waals surface area contributed by atoms with Gasteiger partial charge in [-0.1, -0.05) is 54.1 Å². The van der Waals surface area contributed by atoms with E-state index < -0.39 is 0 Å². The molecule has 0 saturated carbocycles. The summed E-state index contributed by atoms with van der Waals surface area (Å²) in [6, 6.07) is 17.0. The van der Waals surface area contributed by atoms with E-state index in [2.05, 4.69) is 75.8 Å². The fourth-order valence-electron chi connectivity index (χ4n) is 5.49. The number of hydrogen-bond acceptors (Lipinski definition) is 4. The molecule has 0 radical (unpaired) electrons. The molecule has 38 heavy (non-hydrogen) atoms. The number of carbonyl (C=O) groups is 1. The maximum absolute atomic E-state index is 13.3. The molecule has 7 nitrogen and oxygen atoms in total. The standard InChI is InChI=1S/C31H37N5O2/c1-21-9-10-22(2)26(17-21)19-27-23(3)34-29-28(20-33-36(29)31(27)38)30(37)32-13-16-35-14-11-25(12-15-35)18-24-7-5-4-6-8-24/h4-10,17,20,25,33H,11-16,18-19H2,1-3H3,(H,32,37). The number of H-pyrrole nitrogens is 1. The molecule has 1 aliphatic heterocycles. The van der Waals surface area contributed by atoms with Crippen LogP contribution in [0.4, 0.5) is 0 Å². The van der Waals surface area contributed by atoms with E-state index in [-0.39, 0.29) is 11.5 Å². The summed E-state index contributed by atoms with van der Waals surface area (Å²) in [4.78, 5) is 33.4. The van der Waals surface area contributed by atoms with Gasteiger partial charge < -0.3 is 10.2 Å². The highest BCUT2D eigenvalue weighted by atomic mass is 16.2. The molecule has 2 aromatic carbocycles. The van der Waals surface area contributed by atoms with Crippen LogP contribution in [-0.2, 0) is 12.8 Å². The number of aryl methyl sites for hydroxylation is 3. The van der Waals surface area contributed by atoms with Gasteiger partial charge in [-0.3, -0.25) is 14.7 Å². The zero-order valence-corrected chi connectivity index (χ0v) is 22.6. The number of aromatic amines is 1. The maximum Gasteiger partial charge on any atom is 0.276 e. The number of piperidine rings is 1. The molecule has 0 unspecified atom stereocenters. The first-order valence-corrected chi connectivity index (χ1v) is 13.6. The molecular formula is C31H37N5O2. The number of aromatic nitrogens is 3. The highest BCUT2D eigenvalue weighted by Crippen LogP contribution is 2.21. The molecule has 1 fully saturated rings. The summed E-state index contributed by atoms with van der Waals surface area (Å²) in [6.07, 6.45) is 5.60. The Balaban J connectivity index is 1.18. The van der Waals surface area contributed by atoms with Gasteiger partial charge >= 0.3 is 0 Å². The lowest BCUT2D eigenvalue weighted by molar-refractivity contribution is 0.0945. The molecule has 3 heterocycles. The van der Waals surface area contributed by atoms with Crippen molar-refractivity contribution >= 4 is 11.6 Å². The Morgan fingerprint density at radius 1 is 1.08 bits per heavy atom. The van der Waals surface area contributed by atoms with Gasteiger partial charge in [0.15, 0.2) is 5.65 Å². The van der Waals surface area contributed by atoms with Crippen LogP contribution in [0.25, 0.3) is 5.65 Å². The Morgan fingerprint density at radius 2 is 1.84 bits per heavy atom. The van der Waals surface area contributed by atoms with E-state index in [4.69, 9.17) is 0 Å². The third kappa shape index (κ3) is 5.73. The lowest BCUT2D eigenvalue weighted by Gasteiger charge is -2.32. The van der Waals surface area contributed by atoms with Crippen LogP contribution in [0.1, 0.15) is 56.7 Å². The molecule has 1 amide bonds. The van der Waals surface area contributed by atoms with Gasteiger partial charge in [0.05, 0.1) is 0 Å². The van der Waals surface area contributed by atoms with Crippen LogP contribution >= 0.6 is 0 Å². The van der Waals surface area contributed by atoms with Crippen molar-refractivity contribution in [3.8, 4) is 0 Å². The molecule has 1 aliphatic rings. The van der Waals surface area contributed by atoms with Gasteiger partial charge in [-0.05, 0) is 75.7 Å². The lowest BCUT2D eigenvalue weighted by Crippen LogP contribution is -2.40. The van der Waals surface area contributed by atoms with Crippen LogP contribution < -0.4 is 10.9 Å². The fourth-order valence-corrected chi connectivity index (χ4v) is 5.49. The molecule has 4 aromatic rings. The Labute approximate surface area is 223 Å². The van der Waals surface area contributed by atoms with E-state index in [9.17, 15) is 9.59 Å². The fraction of sp³-hybridized carbons (Fsp3) is 0.387. The van der Waals surface area contributed by atoms with Crippen LogP contribution in [0, 0.1) is 26.7 Å². The summed E-state index contributed by atoms with van der Waals surface area (Å²) in [6.45, 7) is 9.44. The summed E-state index contributed by atoms with van der Waals surface area (Å²) >= 11 is 0. The van der Waals surface area contributed by atoms with Gasteiger partial charge in [-0.2, -0.15) is 0 Å². The highest BCUT2D eigenvalue weighted by molar-refractivity contribution is 5.99. The van der Waals surface area contributed by atoms with Crippen LogP contribution in [0.15, 0.2) is 59.5 Å². The van der Waals surface area contributed by atoms with Gasteiger partial charge in [-0.15, -0.1) is 0 Å². The number of fused-ring (bicyclic) bond motifs is 1. The van der Waals surface area contributed by atoms with E-state index in [1.54, 1.807) is 6.20 Å². The molecule has 0 aliphatic carbocycles. The second-order valence-electron chi connectivity index (χ2n) is 10.7. The lowest BCUT2D eigenvalue weighted by atomic mass is 9.90. The second kappa shape index (κ2) is 11.4. The molecular weight excluding hydrogens is 474 g/mol. The number of benzene rings is 2. The van der Waals surface area contributed by atoms with Crippen molar-refractivity contribution in [2.24, 2.45) is 5.92 Å². The normalized spacial score (nSPS) is 14.7. The predicted molar refractivity (Wildman–Crippen MR) is 151 cm³/mol. The predicted octanol–water partition coefficient (Wildman–Crippen LogP) is 4.22. The van der Waals surface area contributed by atoms with E-state index in [1.165, 1.54) is 22.9 Å². The van der Waals surface area contributed by atoms with Gasteiger partial charge in [0.2, 0.25) is 0 Å². The molecule has 2 N–H and O–H groups in total. The minimum atomic E-state index is -0.212. The quantitative estimate of drug-likeness (QED) is 0.371. The number of carbonyl (C=O) groups excluding carboxylic acids is 1. The van der Waals surface area contributed by atoms with Gasteiger partial charge in [-0.25, -0.2) is 9.50 Å². The summed E-state index contributed by atoms with van der Waals surface area (Å²) in [7, 11) is 0. The summed E-state index contributed by atoms with van der Waals surface area (Å²) < 4.78 is 1.39. The number of likely N-dealkylation sites (tertiary alicyclic amines) is 1. The number of amides is 1. The molecule has 198 valence electrons. The molecule has 0 bridgehead atoms. The Kier molecular flexibility index (Phi) is 7.74. The van der Waals surface area contributed by atoms with E-state index in [0.717, 1.165) is 48.7 Å². The number of nitrogens with zero attached hydrogens (tertiary/aromatic N) is 3. The smallest absolute Gasteiger partial charge is 0.276 e. The highest BCUT2D eigenvalue weighted by Gasteiger charge is 2.21. The summed E-state index contributed by atoms with van der Waals surface area (Å²) in [5, 5.41) is 5.98. The molecule has 0 atom stereocenters. The summed E-state index contributed by atoms with van der Waals surface area (Å²) in [5.41, 5.74) is 6.73. The van der Waals surface area contributed by atoms with Gasteiger partial charge in [0, 0.05) is 37.0 Å². The first-order valence-electron chi connectivity index (χ1n) is 13.6. The molecule has 1 saturated heterocycles. The second-order valence-corrected chi connectivity index (χ2v) is 10.7. The number of nitrogens with one attached hydrogen (secondary N) is 2. The third-order valence-corrected chi connectivity index (χ3v) is 7.87. The monoisotopic (exact) mass is 511 g/mol. The van der Waals surface area contributed by atoms with Gasteiger partial charge in [0.1, 0.15) is 5.56 Å². The summed E-state index contributed by atoms with van der Waals surface area (Å²) in [5.74, 6) is 0.512. The first-order chi connectivity index (χ1) is 18.4. The Bertz CT molecular complexity index is 1480. The van der Waals surface area contributed by atoms with Crippen molar-refractivity contribution in [3.63, 3.8) is 0 Å². The first kappa shape index (κ1) is 25.9. The Hall–Kier alpha value is -3.71. The Morgan fingerprint density at radius 3 is 2.61 bits per heavy atom. The van der Waals surface area contributed by atoms with Crippen LogP contribution in [0.3, 0.4) is 0 Å². The van der Waals surface area contributed by atoms with Gasteiger partial charge in [0.25, 0.3) is 11.5 Å². The van der Waals surface area contributed by atoms with Crippen molar-refractivity contribution in [1.82, 2.24) is 24.8 Å². The van der Waals surface area contributed by atoms with Crippen LogP contribution in [0.5, 0.6) is 0 Å². The van der Waals surface area contributed by atoms with Crippen molar-refractivity contribution < 1.29 is 4.79 Å². The largest absolute Gasteiger partial charge is 0.351 e. The van der Waals surface area contributed by atoms with E-state index in [1.807, 2.05) is 13.8 Å². The van der Waals surface area contributed by atoms with Crippen LogP contribution in [-0.4, -0.2) is 51.6 Å². The molecule has 7 heteroatoms. The average Bonchev–Trinajstić information content (AvgIpc) is 3.34. The average molecular weight is 512 g/mol. The number of rotatable bonds is 8. The molecule has 5 rings (SSSR count). The molecule has 2 aromatic heterocycles. The van der Waals surface area contributed by atoms with E-state index >= 15 is 0 Å². The molecule has 0 spiro atoms. The maximum atomic E-state index is 13.3. The van der Waals surface area contributed by atoms with Crippen molar-refractivity contribution in [2.75, 3.05) is 26.2 Å². The minimum absolute atomic E-state index is 0.161. The number of hydrogen-bond donors (Lipinski definition) is 2. The zero-order chi connectivity index (χ0) is 26.6. The minimum Gasteiger partial charge on any atom is -0.351 e. The van der Waals surface area contributed by atoms with Crippen molar-refractivity contribution in [2.45, 2.75) is 46.5 Å².